The van der Waals surface area contributed by atoms with E-state index in [2.05, 4.69) is 20.5 Å². The molecule has 0 aliphatic carbocycles. The van der Waals surface area contributed by atoms with Crippen LogP contribution in [0.5, 0.6) is 5.75 Å². The van der Waals surface area contributed by atoms with Gasteiger partial charge in [0.1, 0.15) is 18.7 Å². The second-order valence-corrected chi connectivity index (χ2v) is 5.60. The third kappa shape index (κ3) is 3.94. The Bertz CT molecular complexity index is 757. The first-order chi connectivity index (χ1) is 11.2. The van der Waals surface area contributed by atoms with E-state index in [1.54, 1.807) is 12.1 Å². The van der Waals surface area contributed by atoms with E-state index < -0.39 is 0 Å². The van der Waals surface area contributed by atoms with Crippen molar-refractivity contribution in [3.05, 3.63) is 70.0 Å². The van der Waals surface area contributed by atoms with E-state index in [0.29, 0.717) is 29.1 Å². The van der Waals surface area contributed by atoms with Gasteiger partial charge in [-0.1, -0.05) is 47.5 Å². The Balaban J connectivity index is 1.70. The predicted octanol–water partition coefficient (Wildman–Crippen LogP) is 4.30. The van der Waals surface area contributed by atoms with Gasteiger partial charge in [0.05, 0.1) is 0 Å². The number of benzene rings is 2. The van der Waals surface area contributed by atoms with Crippen LogP contribution >= 0.6 is 23.2 Å². The molecule has 0 radical (unpaired) electrons. The number of H-pyrrole nitrogens is 1. The van der Waals surface area contributed by atoms with Crippen LogP contribution in [0, 0.1) is 0 Å². The summed E-state index contributed by atoms with van der Waals surface area (Å²) in [4.78, 5) is 4.02. The molecule has 0 saturated heterocycles. The number of aromatic amines is 1. The number of hydrogen-bond acceptors (Lipinski definition) is 4. The summed E-state index contributed by atoms with van der Waals surface area (Å²) in [6.07, 6.45) is 1.45. The first-order valence-corrected chi connectivity index (χ1v) is 7.72. The standard InChI is InChI=1S/C16H14Cl2N4O/c17-13-5-3-6-14(18)12(13)9-23-15-7-2-1-4-11(15)8-19-16-20-10-21-22-16/h1-7,10H,8-9H2,(H2,19,20,21,22). The molecule has 0 bridgehead atoms. The van der Waals surface area contributed by atoms with Crippen molar-refractivity contribution < 1.29 is 4.74 Å². The molecule has 0 saturated carbocycles. The minimum Gasteiger partial charge on any atom is -0.488 e. The molecule has 118 valence electrons. The Hall–Kier alpha value is -2.24. The summed E-state index contributed by atoms with van der Waals surface area (Å²) in [5.74, 6) is 1.37. The summed E-state index contributed by atoms with van der Waals surface area (Å²) in [7, 11) is 0. The number of nitrogens with zero attached hydrogens (tertiary/aromatic N) is 2. The zero-order chi connectivity index (χ0) is 16.1. The molecule has 1 aromatic heterocycles. The summed E-state index contributed by atoms with van der Waals surface area (Å²) < 4.78 is 5.90. The smallest absolute Gasteiger partial charge is 0.218 e. The van der Waals surface area contributed by atoms with Crippen molar-refractivity contribution in [3.8, 4) is 5.75 Å². The van der Waals surface area contributed by atoms with Crippen LogP contribution in [0.3, 0.4) is 0 Å². The molecule has 7 heteroatoms. The van der Waals surface area contributed by atoms with E-state index in [0.717, 1.165) is 16.9 Å². The largest absolute Gasteiger partial charge is 0.488 e. The summed E-state index contributed by atoms with van der Waals surface area (Å²) in [6.45, 7) is 0.861. The van der Waals surface area contributed by atoms with Gasteiger partial charge >= 0.3 is 0 Å². The van der Waals surface area contributed by atoms with Crippen LogP contribution in [-0.4, -0.2) is 15.2 Å². The van der Waals surface area contributed by atoms with Gasteiger partial charge in [0, 0.05) is 27.7 Å². The summed E-state index contributed by atoms with van der Waals surface area (Å²) in [5.41, 5.74) is 1.76. The minimum atomic E-state index is 0.303. The van der Waals surface area contributed by atoms with Crippen molar-refractivity contribution in [1.29, 1.82) is 0 Å². The lowest BCUT2D eigenvalue weighted by molar-refractivity contribution is 0.303. The van der Waals surface area contributed by atoms with Crippen LogP contribution in [0.25, 0.3) is 0 Å². The average molecular weight is 349 g/mol. The van der Waals surface area contributed by atoms with E-state index in [1.807, 2.05) is 30.3 Å². The van der Waals surface area contributed by atoms with Gasteiger partial charge in [0.25, 0.3) is 0 Å². The van der Waals surface area contributed by atoms with Crippen LogP contribution in [0.2, 0.25) is 10.0 Å². The fourth-order valence-electron chi connectivity index (χ4n) is 2.08. The van der Waals surface area contributed by atoms with Gasteiger partial charge in [0.2, 0.25) is 5.95 Å². The minimum absolute atomic E-state index is 0.303. The van der Waals surface area contributed by atoms with Gasteiger partial charge in [-0.3, -0.25) is 0 Å². The SMILES string of the molecule is Clc1cccc(Cl)c1COc1ccccc1CNc1ncn[nH]1. The Labute approximate surface area is 143 Å². The summed E-state index contributed by atoms with van der Waals surface area (Å²) >= 11 is 12.3. The topological polar surface area (TPSA) is 62.8 Å². The second kappa shape index (κ2) is 7.35. The Morgan fingerprint density at radius 2 is 1.83 bits per heavy atom. The van der Waals surface area contributed by atoms with Gasteiger partial charge in [-0.15, -0.1) is 0 Å². The number of aromatic nitrogens is 3. The summed E-state index contributed by atoms with van der Waals surface area (Å²) in [5, 5.41) is 10.9. The molecular formula is C16H14Cl2N4O. The zero-order valence-electron chi connectivity index (χ0n) is 12.1. The normalized spacial score (nSPS) is 10.5. The number of para-hydroxylation sites is 1. The number of ether oxygens (including phenoxy) is 1. The number of nitrogens with one attached hydrogen (secondary N) is 2. The monoisotopic (exact) mass is 348 g/mol. The first-order valence-electron chi connectivity index (χ1n) is 6.97. The first kappa shape index (κ1) is 15.6. The Kier molecular flexibility index (Phi) is 5.00. The summed E-state index contributed by atoms with van der Waals surface area (Å²) in [6, 6.07) is 13.2. The number of halogens is 2. The Morgan fingerprint density at radius 3 is 2.57 bits per heavy atom. The van der Waals surface area contributed by atoms with Gasteiger partial charge in [-0.25, -0.2) is 10.1 Å². The average Bonchev–Trinajstić information content (AvgIpc) is 3.07. The predicted molar refractivity (Wildman–Crippen MR) is 90.9 cm³/mol. The molecule has 2 N–H and O–H groups in total. The lowest BCUT2D eigenvalue weighted by atomic mass is 10.2. The molecule has 0 atom stereocenters. The van der Waals surface area contributed by atoms with E-state index >= 15 is 0 Å². The van der Waals surface area contributed by atoms with Gasteiger partial charge in [-0.05, 0) is 18.2 Å². The maximum absolute atomic E-state index is 6.17. The van der Waals surface area contributed by atoms with Gasteiger partial charge in [0.15, 0.2) is 0 Å². The van der Waals surface area contributed by atoms with Crippen molar-refractivity contribution in [2.24, 2.45) is 0 Å². The van der Waals surface area contributed by atoms with Gasteiger partial charge < -0.3 is 10.1 Å². The fraction of sp³-hybridized carbons (Fsp3) is 0.125. The lowest BCUT2D eigenvalue weighted by Crippen LogP contribution is -2.05. The molecular weight excluding hydrogens is 335 g/mol. The van der Waals surface area contributed by atoms with E-state index in [-0.39, 0.29) is 0 Å². The molecule has 0 unspecified atom stereocenters. The van der Waals surface area contributed by atoms with Crippen molar-refractivity contribution in [2.45, 2.75) is 13.2 Å². The van der Waals surface area contributed by atoms with Crippen molar-refractivity contribution in [1.82, 2.24) is 15.2 Å². The van der Waals surface area contributed by atoms with Crippen LogP contribution < -0.4 is 10.1 Å². The maximum Gasteiger partial charge on any atom is 0.218 e. The van der Waals surface area contributed by atoms with Crippen molar-refractivity contribution in [3.63, 3.8) is 0 Å². The van der Waals surface area contributed by atoms with Crippen LogP contribution in [0.4, 0.5) is 5.95 Å². The number of rotatable bonds is 6. The van der Waals surface area contributed by atoms with E-state index in [9.17, 15) is 0 Å². The van der Waals surface area contributed by atoms with Gasteiger partial charge in [-0.2, -0.15) is 5.10 Å². The lowest BCUT2D eigenvalue weighted by Gasteiger charge is -2.13. The molecule has 5 nitrogen and oxygen atoms in total. The number of anilines is 1. The van der Waals surface area contributed by atoms with Crippen molar-refractivity contribution in [2.75, 3.05) is 5.32 Å². The van der Waals surface area contributed by atoms with Crippen molar-refractivity contribution >= 4 is 29.2 Å². The molecule has 0 amide bonds. The van der Waals surface area contributed by atoms with Crippen LogP contribution in [-0.2, 0) is 13.2 Å². The Morgan fingerprint density at radius 1 is 1.04 bits per heavy atom. The third-order valence-corrected chi connectivity index (χ3v) is 3.98. The highest BCUT2D eigenvalue weighted by atomic mass is 35.5. The molecule has 0 aliphatic heterocycles. The van der Waals surface area contributed by atoms with E-state index in [4.69, 9.17) is 27.9 Å². The molecule has 2 aromatic carbocycles. The second-order valence-electron chi connectivity index (χ2n) is 4.78. The molecule has 0 spiro atoms. The molecule has 1 heterocycles. The fourth-order valence-corrected chi connectivity index (χ4v) is 2.59. The van der Waals surface area contributed by atoms with Crippen LogP contribution in [0.15, 0.2) is 48.8 Å². The van der Waals surface area contributed by atoms with E-state index in [1.165, 1.54) is 6.33 Å². The maximum atomic E-state index is 6.17. The highest BCUT2D eigenvalue weighted by Gasteiger charge is 2.09. The molecule has 0 aliphatic rings. The molecule has 3 aromatic rings. The van der Waals surface area contributed by atoms with Crippen LogP contribution in [0.1, 0.15) is 11.1 Å². The number of hydrogen-bond donors (Lipinski definition) is 2. The highest BCUT2D eigenvalue weighted by molar-refractivity contribution is 6.35. The molecule has 3 rings (SSSR count). The third-order valence-electron chi connectivity index (χ3n) is 3.27. The zero-order valence-corrected chi connectivity index (χ0v) is 13.6. The quantitative estimate of drug-likeness (QED) is 0.696. The highest BCUT2D eigenvalue weighted by Crippen LogP contribution is 2.27. The molecule has 0 fully saturated rings. The molecule has 23 heavy (non-hydrogen) atoms.